The van der Waals surface area contributed by atoms with Crippen molar-refractivity contribution in [1.29, 1.82) is 0 Å². The molecule has 2 aromatic heterocycles. The van der Waals surface area contributed by atoms with Crippen molar-refractivity contribution in [2.45, 2.75) is 96.3 Å². The average molecular weight is 578 g/mol. The van der Waals surface area contributed by atoms with Crippen LogP contribution >= 0.6 is 11.3 Å². The van der Waals surface area contributed by atoms with Crippen LogP contribution in [0.25, 0.3) is 10.2 Å². The van der Waals surface area contributed by atoms with E-state index in [1.165, 1.54) is 44.9 Å². The third kappa shape index (κ3) is 10.5. The number of hydrogen-bond donors (Lipinski definition) is 0. The SMILES string of the molecule is CCCCCCCC/C=C\CCCCCC(CC(=O)Oc1ccccc1)c1nc(N2CCOCC2)c2sccc2n1. The molecule has 4 rings (SSSR count). The Morgan fingerprint density at radius 1 is 0.951 bits per heavy atom. The van der Waals surface area contributed by atoms with Gasteiger partial charge < -0.3 is 14.4 Å². The van der Waals surface area contributed by atoms with E-state index in [-0.39, 0.29) is 18.3 Å². The summed E-state index contributed by atoms with van der Waals surface area (Å²) in [7, 11) is 0. The molecule has 1 aliphatic heterocycles. The van der Waals surface area contributed by atoms with Crippen LogP contribution in [-0.2, 0) is 9.53 Å². The Morgan fingerprint density at radius 2 is 1.66 bits per heavy atom. The monoisotopic (exact) mass is 577 g/mol. The van der Waals surface area contributed by atoms with Gasteiger partial charge in [0, 0.05) is 19.0 Å². The van der Waals surface area contributed by atoms with Gasteiger partial charge in [-0.15, -0.1) is 11.3 Å². The lowest BCUT2D eigenvalue weighted by molar-refractivity contribution is -0.134. The molecule has 0 N–H and O–H groups in total. The molecule has 7 heteroatoms. The molecular weight excluding hydrogens is 530 g/mol. The van der Waals surface area contributed by atoms with Gasteiger partial charge in [0.2, 0.25) is 0 Å². The molecule has 0 aliphatic carbocycles. The molecule has 3 aromatic rings. The van der Waals surface area contributed by atoms with Crippen molar-refractivity contribution in [3.8, 4) is 5.75 Å². The predicted octanol–water partition coefficient (Wildman–Crippen LogP) is 8.86. The summed E-state index contributed by atoms with van der Waals surface area (Å²) in [6, 6.07) is 11.4. The largest absolute Gasteiger partial charge is 0.427 e. The fourth-order valence-electron chi connectivity index (χ4n) is 5.33. The molecule has 0 spiro atoms. The highest BCUT2D eigenvalue weighted by Crippen LogP contribution is 2.33. The summed E-state index contributed by atoms with van der Waals surface area (Å²) < 4.78 is 12.4. The van der Waals surface area contributed by atoms with Crippen molar-refractivity contribution in [3.63, 3.8) is 0 Å². The number of thiophene rings is 1. The number of para-hydroxylation sites is 1. The van der Waals surface area contributed by atoms with Gasteiger partial charge in [-0.1, -0.05) is 82.2 Å². The van der Waals surface area contributed by atoms with Gasteiger partial charge in [0.15, 0.2) is 5.82 Å². The van der Waals surface area contributed by atoms with Crippen LogP contribution in [0.15, 0.2) is 53.9 Å². The number of nitrogens with zero attached hydrogens (tertiary/aromatic N) is 3. The molecule has 1 atom stereocenters. The number of carbonyl (C=O) groups excluding carboxylic acids is 1. The average Bonchev–Trinajstić information content (AvgIpc) is 3.48. The Balaban J connectivity index is 1.34. The molecule has 1 saturated heterocycles. The minimum absolute atomic E-state index is 0.0847. The van der Waals surface area contributed by atoms with E-state index >= 15 is 0 Å². The molecule has 0 amide bonds. The van der Waals surface area contributed by atoms with Crippen LogP contribution in [0, 0.1) is 0 Å². The molecule has 41 heavy (non-hydrogen) atoms. The van der Waals surface area contributed by atoms with E-state index in [2.05, 4.69) is 35.4 Å². The molecular formula is C34H47N3O3S. The van der Waals surface area contributed by atoms with E-state index in [0.717, 1.165) is 67.1 Å². The zero-order valence-electron chi connectivity index (χ0n) is 24.8. The van der Waals surface area contributed by atoms with Crippen molar-refractivity contribution < 1.29 is 14.3 Å². The number of rotatable bonds is 18. The fourth-order valence-corrected chi connectivity index (χ4v) is 6.18. The zero-order valence-corrected chi connectivity index (χ0v) is 25.6. The van der Waals surface area contributed by atoms with Crippen molar-refractivity contribution in [2.24, 2.45) is 0 Å². The summed E-state index contributed by atoms with van der Waals surface area (Å²) in [4.78, 5) is 25.4. The molecule has 6 nitrogen and oxygen atoms in total. The number of esters is 1. The lowest BCUT2D eigenvalue weighted by Crippen LogP contribution is -2.37. The second-order valence-corrected chi connectivity index (χ2v) is 11.9. The Kier molecular flexibility index (Phi) is 13.6. The van der Waals surface area contributed by atoms with Crippen molar-refractivity contribution in [1.82, 2.24) is 9.97 Å². The molecule has 0 bridgehead atoms. The zero-order chi connectivity index (χ0) is 28.5. The number of allylic oxidation sites excluding steroid dienone is 2. The number of ether oxygens (including phenoxy) is 2. The fraction of sp³-hybridized carbons (Fsp3) is 0.559. The number of morpholine rings is 1. The minimum atomic E-state index is -0.235. The lowest BCUT2D eigenvalue weighted by Gasteiger charge is -2.29. The minimum Gasteiger partial charge on any atom is -0.427 e. The quantitative estimate of drug-likeness (QED) is 0.0651. The molecule has 222 valence electrons. The predicted molar refractivity (Wildman–Crippen MR) is 170 cm³/mol. The number of aromatic nitrogens is 2. The summed E-state index contributed by atoms with van der Waals surface area (Å²) >= 11 is 1.68. The molecule has 1 aliphatic rings. The number of fused-ring (bicyclic) bond motifs is 1. The Morgan fingerprint density at radius 3 is 2.41 bits per heavy atom. The van der Waals surface area contributed by atoms with Gasteiger partial charge in [-0.25, -0.2) is 9.97 Å². The van der Waals surface area contributed by atoms with Crippen molar-refractivity contribution >= 4 is 33.3 Å². The molecule has 1 unspecified atom stereocenters. The summed E-state index contributed by atoms with van der Waals surface area (Å²) in [5.74, 6) is 1.98. The maximum absolute atomic E-state index is 13.0. The van der Waals surface area contributed by atoms with Crippen molar-refractivity contribution in [3.05, 3.63) is 59.8 Å². The normalized spacial score (nSPS) is 14.6. The van der Waals surface area contributed by atoms with Gasteiger partial charge in [0.25, 0.3) is 0 Å². The van der Waals surface area contributed by atoms with Gasteiger partial charge >= 0.3 is 5.97 Å². The van der Waals surface area contributed by atoms with E-state index in [9.17, 15) is 4.79 Å². The molecule has 1 fully saturated rings. The lowest BCUT2D eigenvalue weighted by atomic mass is 9.96. The number of anilines is 1. The summed E-state index contributed by atoms with van der Waals surface area (Å²) in [5.41, 5.74) is 0.957. The van der Waals surface area contributed by atoms with Gasteiger partial charge in [-0.05, 0) is 55.7 Å². The van der Waals surface area contributed by atoms with Crippen LogP contribution in [0.4, 0.5) is 5.82 Å². The highest BCUT2D eigenvalue weighted by atomic mass is 32.1. The second-order valence-electron chi connectivity index (χ2n) is 11.0. The maximum atomic E-state index is 13.0. The molecule has 0 radical (unpaired) electrons. The van der Waals surface area contributed by atoms with Gasteiger partial charge in [-0.2, -0.15) is 0 Å². The number of carbonyl (C=O) groups is 1. The molecule has 3 heterocycles. The van der Waals surface area contributed by atoms with Gasteiger partial charge in [0.05, 0.1) is 29.9 Å². The van der Waals surface area contributed by atoms with Crippen LogP contribution in [0.5, 0.6) is 5.75 Å². The van der Waals surface area contributed by atoms with E-state index in [1.54, 1.807) is 11.3 Å². The molecule has 0 saturated carbocycles. The van der Waals surface area contributed by atoms with E-state index in [0.29, 0.717) is 19.0 Å². The second kappa shape index (κ2) is 17.9. The number of benzene rings is 1. The standard InChI is InChI=1S/C34H47N3O3S/c1-2-3-4-5-6-7-8-9-10-11-12-13-15-18-28(27-31(38)40-29-19-16-14-17-20-29)33-35-30-21-26-41-32(30)34(36-33)37-22-24-39-25-23-37/h9-10,14,16-17,19-21,26,28H,2-8,11-13,15,18,22-25,27H2,1H3/b10-9-. The van der Waals surface area contributed by atoms with Crippen LogP contribution in [-0.4, -0.2) is 42.2 Å². The highest BCUT2D eigenvalue weighted by molar-refractivity contribution is 7.17. The third-order valence-corrected chi connectivity index (χ3v) is 8.58. The topological polar surface area (TPSA) is 64.5 Å². The van der Waals surface area contributed by atoms with Crippen LogP contribution in [0.3, 0.4) is 0 Å². The van der Waals surface area contributed by atoms with Gasteiger partial charge in [-0.3, -0.25) is 4.79 Å². The van der Waals surface area contributed by atoms with E-state index < -0.39 is 0 Å². The Bertz CT molecular complexity index is 1190. The van der Waals surface area contributed by atoms with Crippen molar-refractivity contribution in [2.75, 3.05) is 31.2 Å². The summed E-state index contributed by atoms with van der Waals surface area (Å²) in [6.45, 7) is 5.30. The first-order valence-electron chi connectivity index (χ1n) is 15.7. The van der Waals surface area contributed by atoms with E-state index in [4.69, 9.17) is 19.4 Å². The first kappa shape index (κ1) is 31.2. The van der Waals surface area contributed by atoms with Gasteiger partial charge in [0.1, 0.15) is 11.6 Å². The number of hydrogen-bond acceptors (Lipinski definition) is 7. The first-order chi connectivity index (χ1) is 20.2. The Labute approximate surface area is 250 Å². The first-order valence-corrected chi connectivity index (χ1v) is 16.6. The smallest absolute Gasteiger partial charge is 0.311 e. The Hall–Kier alpha value is -2.77. The van der Waals surface area contributed by atoms with Crippen LogP contribution < -0.4 is 9.64 Å². The maximum Gasteiger partial charge on any atom is 0.311 e. The summed E-state index contributed by atoms with van der Waals surface area (Å²) in [5, 5.41) is 2.08. The molecule has 1 aromatic carbocycles. The van der Waals surface area contributed by atoms with Crippen LogP contribution in [0.1, 0.15) is 102 Å². The summed E-state index contributed by atoms with van der Waals surface area (Å²) in [6.07, 6.45) is 19.6. The number of unbranched alkanes of at least 4 members (excludes halogenated alkanes) is 9. The third-order valence-electron chi connectivity index (χ3n) is 7.68. The van der Waals surface area contributed by atoms with E-state index in [1.807, 2.05) is 30.3 Å². The van der Waals surface area contributed by atoms with Crippen LogP contribution in [0.2, 0.25) is 0 Å². The highest BCUT2D eigenvalue weighted by Gasteiger charge is 2.24.